The van der Waals surface area contributed by atoms with E-state index in [4.69, 9.17) is 15.5 Å². The highest BCUT2D eigenvalue weighted by molar-refractivity contribution is 6.22. The van der Waals surface area contributed by atoms with Crippen LogP contribution in [0, 0.1) is 17.7 Å². The molecule has 1 spiro atoms. The highest BCUT2D eigenvalue weighted by atomic mass is 19.1. The second-order valence-electron chi connectivity index (χ2n) is 10.8. The maximum atomic E-state index is 15.3. The molecule has 0 unspecified atom stereocenters. The van der Waals surface area contributed by atoms with Crippen molar-refractivity contribution in [2.45, 2.75) is 31.0 Å². The Morgan fingerprint density at radius 2 is 1.92 bits per heavy atom. The molecule has 4 atom stereocenters. The van der Waals surface area contributed by atoms with Crippen LogP contribution >= 0.6 is 0 Å². The van der Waals surface area contributed by atoms with Gasteiger partial charge in [-0.05, 0) is 53.0 Å². The van der Waals surface area contributed by atoms with Crippen LogP contribution in [0.5, 0.6) is 5.75 Å². The van der Waals surface area contributed by atoms with Crippen LogP contribution in [0.1, 0.15) is 27.9 Å². The number of phenolic OH excluding ortho intramolecular Hbond substituents is 1. The predicted octanol–water partition coefficient (Wildman–Crippen LogP) is -0.151. The summed E-state index contributed by atoms with van der Waals surface area (Å²) in [4.78, 5) is 65.2. The number of Topliss-reactive ketones (excluding diaryl/α,β-unsaturated/α-hetero) is 2. The number of aliphatic hydroxyl groups excluding tert-OH is 1. The Morgan fingerprint density at radius 3 is 2.49 bits per heavy atom. The van der Waals surface area contributed by atoms with Crippen molar-refractivity contribution >= 4 is 23.4 Å². The molecule has 5 N–H and O–H groups in total. The number of ketones is 2. The van der Waals surface area contributed by atoms with Crippen LogP contribution in [0.3, 0.4) is 0 Å². The normalized spacial score (nSPS) is 27.4. The minimum Gasteiger partial charge on any atom is -0.508 e. The first-order valence-corrected chi connectivity index (χ1v) is 12.3. The summed E-state index contributed by atoms with van der Waals surface area (Å²) >= 11 is 0. The summed E-state index contributed by atoms with van der Waals surface area (Å²) in [5.74, 6) is -6.37. The Morgan fingerprint density at radius 1 is 1.23 bits per heavy atom. The number of rotatable bonds is 6. The number of nitrogens with one attached hydrogen (secondary N) is 1. The summed E-state index contributed by atoms with van der Waals surface area (Å²) in [6.45, 7) is -0.137. The molecular formula is C26H29FN4O8. The van der Waals surface area contributed by atoms with Gasteiger partial charge in [-0.1, -0.05) is 0 Å². The van der Waals surface area contributed by atoms with Crippen LogP contribution in [0.2, 0.25) is 0 Å². The topological polar surface area (TPSA) is 172 Å². The first kappa shape index (κ1) is 26.8. The number of benzene rings is 1. The van der Waals surface area contributed by atoms with E-state index in [0.29, 0.717) is 0 Å². The smallest absolute Gasteiger partial charge is 0.255 e. The van der Waals surface area contributed by atoms with Gasteiger partial charge in [-0.2, -0.15) is 4.89 Å². The van der Waals surface area contributed by atoms with Gasteiger partial charge in [-0.15, -0.1) is 0 Å². The molecule has 0 saturated carbocycles. The summed E-state index contributed by atoms with van der Waals surface area (Å²) in [7, 11) is 6.65. The molecule has 1 heterocycles. The van der Waals surface area contributed by atoms with E-state index in [0.717, 1.165) is 6.07 Å². The standard InChI is InChI=1S/C26H29FN4O8/c1-30(2)9-15(32)29-8-11-7-14(27)12-5-10-6-13-19(31(3)4)22(35)18(25(28)37)23(36)26(13)24(38-39-26)16(10)21(34)17(12)20(11)33/h7,10,13,19,33,36H,5-6,8-9H2,1-4H3,(H2,28,37)(H,29,32)/t10-,13-,19-,26+/m0/s1. The van der Waals surface area contributed by atoms with Crippen molar-refractivity contribution < 1.29 is 43.6 Å². The number of primary amides is 1. The van der Waals surface area contributed by atoms with Crippen molar-refractivity contribution in [3.05, 3.63) is 51.2 Å². The van der Waals surface area contributed by atoms with Crippen molar-refractivity contribution in [1.29, 1.82) is 0 Å². The molecule has 1 saturated heterocycles. The third-order valence-electron chi connectivity index (χ3n) is 7.88. The van der Waals surface area contributed by atoms with Gasteiger partial charge in [0.25, 0.3) is 5.91 Å². The first-order chi connectivity index (χ1) is 18.3. The molecular weight excluding hydrogens is 515 g/mol. The number of aliphatic hydroxyl groups is 1. The predicted molar refractivity (Wildman–Crippen MR) is 131 cm³/mol. The van der Waals surface area contributed by atoms with Gasteiger partial charge in [0, 0.05) is 29.2 Å². The van der Waals surface area contributed by atoms with E-state index in [1.165, 1.54) is 0 Å². The summed E-state index contributed by atoms with van der Waals surface area (Å²) in [5.41, 5.74) is 2.78. The molecule has 0 bridgehead atoms. The number of aromatic hydroxyl groups is 1. The van der Waals surface area contributed by atoms with E-state index < -0.39 is 63.9 Å². The Kier molecular flexibility index (Phi) is 6.28. The summed E-state index contributed by atoms with van der Waals surface area (Å²) in [5, 5.41) is 24.7. The maximum absolute atomic E-state index is 15.3. The van der Waals surface area contributed by atoms with Crippen LogP contribution in [0.15, 0.2) is 28.7 Å². The zero-order valence-electron chi connectivity index (χ0n) is 21.8. The summed E-state index contributed by atoms with van der Waals surface area (Å²) in [6.07, 6.45) is 0.116. The molecule has 12 nitrogen and oxygen atoms in total. The van der Waals surface area contributed by atoms with Crippen molar-refractivity contribution in [2.75, 3.05) is 34.7 Å². The second-order valence-corrected chi connectivity index (χ2v) is 10.8. The zero-order valence-corrected chi connectivity index (χ0v) is 21.8. The fourth-order valence-electron chi connectivity index (χ4n) is 6.27. The van der Waals surface area contributed by atoms with Crippen molar-refractivity contribution in [3.63, 3.8) is 0 Å². The average Bonchev–Trinajstić information content (AvgIpc) is 2.80. The van der Waals surface area contributed by atoms with Crippen molar-refractivity contribution in [3.8, 4) is 5.75 Å². The number of hydrogen-bond acceptors (Lipinski definition) is 10. The van der Waals surface area contributed by atoms with Gasteiger partial charge >= 0.3 is 0 Å². The molecule has 0 radical (unpaired) electrons. The van der Waals surface area contributed by atoms with Gasteiger partial charge in [0.15, 0.2) is 23.1 Å². The van der Waals surface area contributed by atoms with E-state index in [-0.39, 0.29) is 59.9 Å². The molecule has 1 aromatic rings. The monoisotopic (exact) mass is 544 g/mol. The number of likely N-dealkylation sites (N-methyl/N-ethyl adjacent to an activating group) is 2. The number of halogens is 1. The van der Waals surface area contributed by atoms with E-state index in [1.54, 1.807) is 38.0 Å². The number of carbonyl (C=O) groups excluding carboxylic acids is 4. The SMILES string of the molecule is CN(C)CC(=O)NCc1cc(F)c2c(c1O)C(=O)C1=C3OO[C@]34C(O)=C(C(N)=O)C(=O)[C@@H](N(C)C)[C@@H]4C[C@@H]1C2. The number of nitrogens with two attached hydrogens (primary N) is 1. The minimum absolute atomic E-state index is 0.00379. The molecule has 2 amide bonds. The van der Waals surface area contributed by atoms with Gasteiger partial charge in [-0.25, -0.2) is 4.39 Å². The van der Waals surface area contributed by atoms with E-state index in [1.807, 2.05) is 0 Å². The third-order valence-corrected chi connectivity index (χ3v) is 7.88. The lowest BCUT2D eigenvalue weighted by Gasteiger charge is -2.56. The number of amides is 2. The minimum atomic E-state index is -1.81. The molecule has 1 aromatic carbocycles. The average molecular weight is 545 g/mol. The quantitative estimate of drug-likeness (QED) is 0.279. The first-order valence-electron chi connectivity index (χ1n) is 12.3. The number of fused-ring (bicyclic) bond motifs is 2. The summed E-state index contributed by atoms with van der Waals surface area (Å²) < 4.78 is 15.3. The molecule has 0 aromatic heterocycles. The van der Waals surface area contributed by atoms with Crippen LogP contribution in [-0.2, 0) is 37.1 Å². The Balaban J connectivity index is 1.61. The molecule has 3 aliphatic carbocycles. The lowest BCUT2D eigenvalue weighted by molar-refractivity contribution is -0.438. The fraction of sp³-hybridized carbons (Fsp3) is 0.462. The van der Waals surface area contributed by atoms with Crippen LogP contribution in [0.25, 0.3) is 0 Å². The van der Waals surface area contributed by atoms with E-state index in [9.17, 15) is 29.4 Å². The largest absolute Gasteiger partial charge is 0.508 e. The van der Waals surface area contributed by atoms with Crippen LogP contribution in [-0.4, -0.2) is 89.8 Å². The van der Waals surface area contributed by atoms with E-state index in [2.05, 4.69) is 5.32 Å². The van der Waals surface area contributed by atoms with Gasteiger partial charge in [0.1, 0.15) is 17.1 Å². The molecule has 39 heavy (non-hydrogen) atoms. The van der Waals surface area contributed by atoms with Crippen LogP contribution < -0.4 is 11.1 Å². The van der Waals surface area contributed by atoms with Gasteiger partial charge < -0.3 is 31.1 Å². The van der Waals surface area contributed by atoms with Crippen molar-refractivity contribution in [1.82, 2.24) is 15.1 Å². The highest BCUT2D eigenvalue weighted by Gasteiger charge is 2.70. The lowest BCUT2D eigenvalue weighted by atomic mass is 9.58. The molecule has 13 heteroatoms. The Hall–Kier alpha value is -3.81. The number of nitrogens with zero attached hydrogens (tertiary/aromatic N) is 2. The highest BCUT2D eigenvalue weighted by Crippen LogP contribution is 2.60. The van der Waals surface area contributed by atoms with Gasteiger partial charge in [0.05, 0.1) is 18.2 Å². The van der Waals surface area contributed by atoms with E-state index >= 15 is 4.39 Å². The van der Waals surface area contributed by atoms with Crippen LogP contribution in [0.4, 0.5) is 4.39 Å². The second kappa shape index (κ2) is 9.14. The zero-order chi connectivity index (χ0) is 28.5. The molecule has 1 fully saturated rings. The number of carbonyl (C=O) groups is 4. The molecule has 1 aliphatic heterocycles. The van der Waals surface area contributed by atoms with Gasteiger partial charge in [0.2, 0.25) is 11.5 Å². The number of phenols is 1. The number of hydrogen-bond donors (Lipinski definition) is 4. The van der Waals surface area contributed by atoms with Gasteiger partial charge in [-0.3, -0.25) is 24.1 Å². The Labute approximate surface area is 222 Å². The number of allylic oxidation sites excluding steroid dienone is 1. The molecule has 4 aliphatic rings. The Bertz CT molecular complexity index is 1400. The molecule has 208 valence electrons. The summed E-state index contributed by atoms with van der Waals surface area (Å²) in [6, 6.07) is 0.137. The maximum Gasteiger partial charge on any atom is 0.255 e. The molecule has 5 rings (SSSR count). The van der Waals surface area contributed by atoms with Crippen molar-refractivity contribution in [2.24, 2.45) is 17.6 Å². The lowest BCUT2D eigenvalue weighted by Crippen LogP contribution is -2.67. The third kappa shape index (κ3) is 3.75. The fourth-order valence-corrected chi connectivity index (χ4v) is 6.27.